The van der Waals surface area contributed by atoms with E-state index in [9.17, 15) is 0 Å². The van der Waals surface area contributed by atoms with Crippen LogP contribution in [0.25, 0.3) is 5.57 Å². The molecule has 0 N–H and O–H groups in total. The van der Waals surface area contributed by atoms with Crippen molar-refractivity contribution in [1.82, 2.24) is 15.0 Å². The smallest absolute Gasteiger partial charge is 0.0888 e. The molecule has 1 aromatic heterocycles. The van der Waals surface area contributed by atoms with Crippen LogP contribution in [0.5, 0.6) is 0 Å². The summed E-state index contributed by atoms with van der Waals surface area (Å²) in [6.07, 6.45) is 12.0. The van der Waals surface area contributed by atoms with Gasteiger partial charge in [-0.2, -0.15) is 0 Å². The van der Waals surface area contributed by atoms with Crippen molar-refractivity contribution in [2.45, 2.75) is 33.7 Å². The topological polar surface area (TPSA) is 30.7 Å². The van der Waals surface area contributed by atoms with E-state index >= 15 is 0 Å². The van der Waals surface area contributed by atoms with Crippen LogP contribution in [-0.4, -0.2) is 15.0 Å². The van der Waals surface area contributed by atoms with Gasteiger partial charge in [-0.15, -0.1) is 5.10 Å². The summed E-state index contributed by atoms with van der Waals surface area (Å²) in [6, 6.07) is 0.316. The third kappa shape index (κ3) is 2.92. The van der Waals surface area contributed by atoms with Crippen LogP contribution < -0.4 is 0 Å². The maximum atomic E-state index is 4.09. The first-order chi connectivity index (χ1) is 7.70. The highest BCUT2D eigenvalue weighted by atomic mass is 15.4. The Bertz CT molecular complexity index is 409. The van der Waals surface area contributed by atoms with Gasteiger partial charge in [0.05, 0.1) is 11.9 Å². The van der Waals surface area contributed by atoms with E-state index in [-0.39, 0.29) is 0 Å². The van der Waals surface area contributed by atoms with E-state index in [1.54, 1.807) is 6.20 Å². The Morgan fingerprint density at radius 3 is 2.62 bits per heavy atom. The van der Waals surface area contributed by atoms with Gasteiger partial charge in [-0.3, -0.25) is 0 Å². The fourth-order valence-electron chi connectivity index (χ4n) is 1.44. The molecule has 0 aliphatic heterocycles. The zero-order chi connectivity index (χ0) is 12.0. The van der Waals surface area contributed by atoms with E-state index in [0.717, 1.165) is 11.3 Å². The molecule has 0 bridgehead atoms. The maximum Gasteiger partial charge on any atom is 0.0888 e. The Labute approximate surface area is 97.2 Å². The summed E-state index contributed by atoms with van der Waals surface area (Å²) in [4.78, 5) is 0. The molecule has 0 unspecified atom stereocenters. The van der Waals surface area contributed by atoms with Gasteiger partial charge < -0.3 is 0 Å². The average Bonchev–Trinajstić information content (AvgIpc) is 2.73. The molecule has 0 radical (unpaired) electrons. The van der Waals surface area contributed by atoms with Gasteiger partial charge in [-0.25, -0.2) is 4.68 Å². The summed E-state index contributed by atoms with van der Waals surface area (Å²) in [5, 5.41) is 8.06. The highest BCUT2D eigenvalue weighted by Crippen LogP contribution is 2.18. The largest absolute Gasteiger partial charge is 0.242 e. The van der Waals surface area contributed by atoms with Gasteiger partial charge in [-0.05, 0) is 27.7 Å². The van der Waals surface area contributed by atoms with Crippen LogP contribution in [0.1, 0.15) is 39.4 Å². The van der Waals surface area contributed by atoms with Crippen molar-refractivity contribution < 1.29 is 0 Å². The lowest BCUT2D eigenvalue weighted by molar-refractivity contribution is 0.509. The molecule has 0 saturated heterocycles. The molecule has 0 aliphatic carbocycles. The van der Waals surface area contributed by atoms with Gasteiger partial charge >= 0.3 is 0 Å². The standard InChI is InChI=1S/C13H19N3/c1-5-7-9-12(8-6-2)13-10-14-15-16(13)11(3)4/h5-11H,1-4H3/b7-5-,8-6-,12-9+. The zero-order valence-corrected chi connectivity index (χ0v) is 10.4. The quantitative estimate of drug-likeness (QED) is 0.724. The normalized spacial score (nSPS) is 13.4. The second-order valence-electron chi connectivity index (χ2n) is 3.81. The first-order valence-electron chi connectivity index (χ1n) is 5.57. The average molecular weight is 217 g/mol. The Morgan fingerprint density at radius 1 is 1.31 bits per heavy atom. The fourth-order valence-corrected chi connectivity index (χ4v) is 1.44. The van der Waals surface area contributed by atoms with Crippen molar-refractivity contribution in [3.63, 3.8) is 0 Å². The van der Waals surface area contributed by atoms with E-state index in [4.69, 9.17) is 0 Å². The summed E-state index contributed by atoms with van der Waals surface area (Å²) >= 11 is 0. The number of aromatic nitrogens is 3. The molecule has 86 valence electrons. The molecule has 16 heavy (non-hydrogen) atoms. The van der Waals surface area contributed by atoms with Gasteiger partial charge in [0.2, 0.25) is 0 Å². The minimum Gasteiger partial charge on any atom is -0.242 e. The molecule has 0 fully saturated rings. The lowest BCUT2D eigenvalue weighted by Gasteiger charge is -2.09. The molecule has 0 spiro atoms. The monoisotopic (exact) mass is 217 g/mol. The Kier molecular flexibility index (Phi) is 4.70. The lowest BCUT2D eigenvalue weighted by atomic mass is 10.1. The van der Waals surface area contributed by atoms with E-state index in [1.165, 1.54) is 0 Å². The highest BCUT2D eigenvalue weighted by molar-refractivity contribution is 5.72. The van der Waals surface area contributed by atoms with Crippen molar-refractivity contribution in [3.8, 4) is 0 Å². The van der Waals surface area contributed by atoms with Crippen LogP contribution in [0.4, 0.5) is 0 Å². The van der Waals surface area contributed by atoms with Crippen LogP contribution in [0.2, 0.25) is 0 Å². The second kappa shape index (κ2) is 6.05. The Hall–Kier alpha value is -1.64. The predicted octanol–water partition coefficient (Wildman–Crippen LogP) is 3.39. The predicted molar refractivity (Wildman–Crippen MR) is 68.0 cm³/mol. The number of hydrogen-bond donors (Lipinski definition) is 0. The van der Waals surface area contributed by atoms with Gasteiger partial charge in [0.25, 0.3) is 0 Å². The molecule has 3 nitrogen and oxygen atoms in total. The fraction of sp³-hybridized carbons (Fsp3) is 0.385. The minimum absolute atomic E-state index is 0.316. The van der Waals surface area contributed by atoms with Crippen molar-refractivity contribution in [3.05, 3.63) is 42.3 Å². The van der Waals surface area contributed by atoms with Crippen molar-refractivity contribution in [2.24, 2.45) is 0 Å². The molecule has 0 aliphatic rings. The van der Waals surface area contributed by atoms with Crippen LogP contribution in [0.15, 0.2) is 36.6 Å². The van der Waals surface area contributed by atoms with Crippen molar-refractivity contribution in [1.29, 1.82) is 0 Å². The van der Waals surface area contributed by atoms with Gasteiger partial charge in [0, 0.05) is 11.6 Å². The molecule has 1 aromatic rings. The molecule has 0 atom stereocenters. The molecular weight excluding hydrogens is 198 g/mol. The van der Waals surface area contributed by atoms with Gasteiger partial charge in [0.1, 0.15) is 0 Å². The lowest BCUT2D eigenvalue weighted by Crippen LogP contribution is -2.06. The van der Waals surface area contributed by atoms with E-state index < -0.39 is 0 Å². The number of allylic oxidation sites excluding steroid dienone is 6. The van der Waals surface area contributed by atoms with Crippen LogP contribution >= 0.6 is 0 Å². The van der Waals surface area contributed by atoms with Gasteiger partial charge in [-0.1, -0.05) is 35.6 Å². The molecular formula is C13H19N3. The molecule has 1 heterocycles. The summed E-state index contributed by atoms with van der Waals surface area (Å²) in [7, 11) is 0. The van der Waals surface area contributed by atoms with Crippen molar-refractivity contribution in [2.75, 3.05) is 0 Å². The number of nitrogens with zero attached hydrogens (tertiary/aromatic N) is 3. The summed E-state index contributed by atoms with van der Waals surface area (Å²) in [5.74, 6) is 0. The third-order valence-electron chi connectivity index (χ3n) is 2.17. The van der Waals surface area contributed by atoms with Crippen molar-refractivity contribution >= 4 is 5.57 Å². The zero-order valence-electron chi connectivity index (χ0n) is 10.4. The summed E-state index contributed by atoms with van der Waals surface area (Å²) in [5.41, 5.74) is 2.17. The molecule has 0 saturated carbocycles. The number of hydrogen-bond acceptors (Lipinski definition) is 2. The molecule has 3 heteroatoms. The molecule has 1 rings (SSSR count). The molecule has 0 amide bonds. The van der Waals surface area contributed by atoms with Gasteiger partial charge in [0.15, 0.2) is 0 Å². The highest BCUT2D eigenvalue weighted by Gasteiger charge is 2.08. The first kappa shape index (κ1) is 12.4. The van der Waals surface area contributed by atoms with E-state index in [0.29, 0.717) is 6.04 Å². The summed E-state index contributed by atoms with van der Waals surface area (Å²) < 4.78 is 1.93. The maximum absolute atomic E-state index is 4.09. The Morgan fingerprint density at radius 2 is 2.06 bits per heavy atom. The first-order valence-corrected chi connectivity index (χ1v) is 5.57. The van der Waals surface area contributed by atoms with E-state index in [1.807, 2.05) is 36.8 Å². The van der Waals surface area contributed by atoms with Crippen LogP contribution in [-0.2, 0) is 0 Å². The third-order valence-corrected chi connectivity index (χ3v) is 2.17. The summed E-state index contributed by atoms with van der Waals surface area (Å²) in [6.45, 7) is 8.21. The van der Waals surface area contributed by atoms with Crippen LogP contribution in [0.3, 0.4) is 0 Å². The number of rotatable bonds is 4. The van der Waals surface area contributed by atoms with Crippen LogP contribution in [0, 0.1) is 0 Å². The second-order valence-corrected chi connectivity index (χ2v) is 3.81. The minimum atomic E-state index is 0.316. The van der Waals surface area contributed by atoms with E-state index in [2.05, 4.69) is 36.3 Å². The SMILES string of the molecule is C\C=C/C=C(\C=C/C)c1cnnn1C(C)C. The Balaban J connectivity index is 3.16. The molecule has 0 aromatic carbocycles.